The maximum atomic E-state index is 14.3. The van der Waals surface area contributed by atoms with Crippen LogP contribution in [0.25, 0.3) is 6.08 Å². The first-order valence-corrected chi connectivity index (χ1v) is 11.8. The minimum Gasteiger partial charge on any atom is -0.497 e. The van der Waals surface area contributed by atoms with Gasteiger partial charge in [0.25, 0.3) is 0 Å². The molecular formula is C30H25NO4. The summed E-state index contributed by atoms with van der Waals surface area (Å²) in [7, 11) is 1.58. The molecule has 5 nitrogen and oxygen atoms in total. The van der Waals surface area contributed by atoms with Crippen molar-refractivity contribution in [3.05, 3.63) is 101 Å². The van der Waals surface area contributed by atoms with Crippen LogP contribution in [0, 0.1) is 12.3 Å². The molecule has 0 bridgehead atoms. The molecule has 0 unspecified atom stereocenters. The van der Waals surface area contributed by atoms with E-state index in [2.05, 4.69) is 0 Å². The first kappa shape index (κ1) is 21.5. The summed E-state index contributed by atoms with van der Waals surface area (Å²) in [5.41, 5.74) is 3.04. The van der Waals surface area contributed by atoms with Crippen LogP contribution in [0.2, 0.25) is 0 Å². The molecule has 2 heterocycles. The van der Waals surface area contributed by atoms with Crippen LogP contribution in [0.1, 0.15) is 50.2 Å². The van der Waals surface area contributed by atoms with Crippen LogP contribution in [0.3, 0.4) is 0 Å². The van der Waals surface area contributed by atoms with Crippen LogP contribution in [-0.4, -0.2) is 36.5 Å². The molecule has 3 aromatic carbocycles. The average Bonchev–Trinajstić information content (AvgIpc) is 3.31. The normalized spacial score (nSPS) is 23.3. The molecule has 1 aliphatic carbocycles. The Morgan fingerprint density at radius 3 is 2.31 bits per heavy atom. The van der Waals surface area contributed by atoms with E-state index in [1.807, 2.05) is 66.4 Å². The topological polar surface area (TPSA) is 63.7 Å². The zero-order valence-electron chi connectivity index (χ0n) is 19.8. The highest BCUT2D eigenvalue weighted by atomic mass is 16.5. The summed E-state index contributed by atoms with van der Waals surface area (Å²) in [6.45, 7) is 3.56. The van der Waals surface area contributed by atoms with Crippen LogP contribution in [0.4, 0.5) is 5.69 Å². The van der Waals surface area contributed by atoms with Crippen LogP contribution >= 0.6 is 0 Å². The van der Waals surface area contributed by atoms with Gasteiger partial charge in [0.15, 0.2) is 17.3 Å². The lowest BCUT2D eigenvalue weighted by Crippen LogP contribution is -2.48. The molecule has 0 aromatic heterocycles. The molecule has 0 N–H and O–H groups in total. The van der Waals surface area contributed by atoms with Crippen molar-refractivity contribution in [1.29, 1.82) is 0 Å². The SMILES string of the molecule is COc1cccc([C@H]2[C@H](C(C)=O)N3c4cc(C)ccc4C=C[C@@H]3C23C(=O)c2ccccc2C3=O)c1. The van der Waals surface area contributed by atoms with Gasteiger partial charge in [-0.2, -0.15) is 0 Å². The molecule has 35 heavy (non-hydrogen) atoms. The largest absolute Gasteiger partial charge is 0.497 e. The zero-order valence-corrected chi connectivity index (χ0v) is 19.8. The van der Waals surface area contributed by atoms with Crippen LogP contribution in [-0.2, 0) is 4.79 Å². The Kier molecular flexibility index (Phi) is 4.62. The fraction of sp³-hybridized carbons (Fsp3) is 0.233. The summed E-state index contributed by atoms with van der Waals surface area (Å²) in [5.74, 6) is -0.578. The number of ketones is 3. The van der Waals surface area contributed by atoms with Crippen molar-refractivity contribution in [3.8, 4) is 5.75 Å². The number of methoxy groups -OCH3 is 1. The minimum absolute atomic E-state index is 0.0843. The van der Waals surface area contributed by atoms with Gasteiger partial charge in [0.2, 0.25) is 0 Å². The number of aryl methyl sites for hydroxylation is 1. The highest BCUT2D eigenvalue weighted by Crippen LogP contribution is 2.60. The lowest BCUT2D eigenvalue weighted by atomic mass is 9.64. The molecule has 0 amide bonds. The van der Waals surface area contributed by atoms with E-state index >= 15 is 0 Å². The summed E-state index contributed by atoms with van der Waals surface area (Å²) < 4.78 is 5.49. The van der Waals surface area contributed by atoms with Crippen molar-refractivity contribution in [2.45, 2.75) is 31.8 Å². The van der Waals surface area contributed by atoms with Crippen molar-refractivity contribution < 1.29 is 19.1 Å². The van der Waals surface area contributed by atoms with E-state index in [0.717, 1.165) is 22.4 Å². The third-order valence-electron chi connectivity index (χ3n) is 7.83. The maximum Gasteiger partial charge on any atom is 0.180 e. The third kappa shape index (κ3) is 2.72. The number of Topliss-reactive ketones (excluding diaryl/α,β-unsaturated/α-hetero) is 3. The number of carbonyl (C=O) groups is 3. The van der Waals surface area contributed by atoms with Crippen molar-refractivity contribution in [2.75, 3.05) is 12.0 Å². The molecule has 0 radical (unpaired) electrons. The minimum atomic E-state index is -1.45. The predicted molar refractivity (Wildman–Crippen MR) is 134 cm³/mol. The van der Waals surface area contributed by atoms with Crippen LogP contribution in [0.5, 0.6) is 5.75 Å². The Hall–Kier alpha value is -3.99. The summed E-state index contributed by atoms with van der Waals surface area (Å²) in [4.78, 5) is 44.2. The van der Waals surface area contributed by atoms with Gasteiger partial charge in [0.05, 0.1) is 19.2 Å². The van der Waals surface area contributed by atoms with Crippen molar-refractivity contribution in [1.82, 2.24) is 0 Å². The van der Waals surface area contributed by atoms with Crippen molar-refractivity contribution in [3.63, 3.8) is 0 Å². The summed E-state index contributed by atoms with van der Waals surface area (Å²) in [6.07, 6.45) is 3.92. The van der Waals surface area contributed by atoms with Gasteiger partial charge in [0.1, 0.15) is 11.2 Å². The Bertz CT molecular complexity index is 1420. The highest BCUT2D eigenvalue weighted by Gasteiger charge is 2.71. The number of rotatable bonds is 3. The maximum absolute atomic E-state index is 14.3. The number of benzene rings is 3. The van der Waals surface area contributed by atoms with E-state index in [0.29, 0.717) is 16.9 Å². The third-order valence-corrected chi connectivity index (χ3v) is 7.83. The smallest absolute Gasteiger partial charge is 0.180 e. The van der Waals surface area contributed by atoms with E-state index in [1.165, 1.54) is 0 Å². The standard InChI is InChI=1S/C30H25NO4/c1-17-11-12-19-13-14-25-30(28(33)22-9-4-5-10-23(22)29(30)34)26(20-7-6-8-21(16-20)35-3)27(18(2)32)31(25)24(19)15-17/h4-16,25-27H,1-3H3/t25-,26+,27+/m1/s1. The molecule has 5 heteroatoms. The van der Waals surface area contributed by atoms with Gasteiger partial charge >= 0.3 is 0 Å². The quantitative estimate of drug-likeness (QED) is 0.510. The lowest BCUT2D eigenvalue weighted by molar-refractivity contribution is -0.118. The predicted octanol–water partition coefficient (Wildman–Crippen LogP) is 5.03. The van der Waals surface area contributed by atoms with E-state index in [1.54, 1.807) is 38.3 Å². The van der Waals surface area contributed by atoms with Gasteiger partial charge < -0.3 is 9.64 Å². The van der Waals surface area contributed by atoms with Crippen molar-refractivity contribution >= 4 is 29.1 Å². The molecule has 2 aliphatic heterocycles. The summed E-state index contributed by atoms with van der Waals surface area (Å²) in [5, 5.41) is 0. The number of anilines is 1. The average molecular weight is 464 g/mol. The first-order chi connectivity index (χ1) is 16.9. The molecule has 6 rings (SSSR count). The monoisotopic (exact) mass is 463 g/mol. The molecule has 0 saturated carbocycles. The van der Waals surface area contributed by atoms with Gasteiger partial charge in [-0.3, -0.25) is 14.4 Å². The highest BCUT2D eigenvalue weighted by molar-refractivity contribution is 6.32. The van der Waals surface area contributed by atoms with Gasteiger partial charge in [-0.05, 0) is 48.7 Å². The molecule has 1 spiro atoms. The number of hydrogen-bond donors (Lipinski definition) is 0. The first-order valence-electron chi connectivity index (χ1n) is 11.8. The summed E-state index contributed by atoms with van der Waals surface area (Å²) in [6, 6.07) is 19.3. The molecule has 1 saturated heterocycles. The second-order valence-electron chi connectivity index (χ2n) is 9.66. The van der Waals surface area contributed by atoms with Gasteiger partial charge in [0, 0.05) is 22.7 Å². The second kappa shape index (κ2) is 7.51. The Balaban J connectivity index is 1.69. The molecule has 174 valence electrons. The molecule has 3 atom stereocenters. The molecular weight excluding hydrogens is 438 g/mol. The zero-order chi connectivity index (χ0) is 24.5. The van der Waals surface area contributed by atoms with Crippen LogP contribution in [0.15, 0.2) is 72.8 Å². The molecule has 3 aromatic rings. The Labute approximate surface area is 204 Å². The number of carbonyl (C=O) groups excluding carboxylic acids is 3. The fourth-order valence-electron chi connectivity index (χ4n) is 6.43. The Morgan fingerprint density at radius 2 is 1.66 bits per heavy atom. The van der Waals surface area contributed by atoms with E-state index in [9.17, 15) is 14.4 Å². The Morgan fingerprint density at radius 1 is 0.943 bits per heavy atom. The van der Waals surface area contributed by atoms with Crippen LogP contribution < -0.4 is 9.64 Å². The van der Waals surface area contributed by atoms with Gasteiger partial charge in [-0.25, -0.2) is 0 Å². The van der Waals surface area contributed by atoms with Crippen molar-refractivity contribution in [2.24, 2.45) is 5.41 Å². The molecule has 3 aliphatic rings. The van der Waals surface area contributed by atoms with E-state index < -0.39 is 23.4 Å². The number of fused-ring (bicyclic) bond motifs is 5. The lowest BCUT2D eigenvalue weighted by Gasteiger charge is -2.37. The number of nitrogens with zero attached hydrogens (tertiary/aromatic N) is 1. The van der Waals surface area contributed by atoms with E-state index in [4.69, 9.17) is 4.74 Å². The fourth-order valence-corrected chi connectivity index (χ4v) is 6.43. The second-order valence-corrected chi connectivity index (χ2v) is 9.66. The van der Waals surface area contributed by atoms with E-state index in [-0.39, 0.29) is 17.3 Å². The van der Waals surface area contributed by atoms with Gasteiger partial charge in [-0.15, -0.1) is 0 Å². The number of ether oxygens (including phenoxy) is 1. The summed E-state index contributed by atoms with van der Waals surface area (Å²) >= 11 is 0. The van der Waals surface area contributed by atoms with Gasteiger partial charge in [-0.1, -0.05) is 60.7 Å². The number of hydrogen-bond acceptors (Lipinski definition) is 5. The molecule has 1 fully saturated rings.